The Balaban J connectivity index is 4.46. The maximum atomic E-state index is 13.0. The lowest BCUT2D eigenvalue weighted by atomic mass is 10.1. The third kappa shape index (κ3) is 68.5. The van der Waals surface area contributed by atoms with Gasteiger partial charge in [0.25, 0.3) is 0 Å². The zero-order valence-corrected chi connectivity index (χ0v) is 54.4. The van der Waals surface area contributed by atoms with Crippen LogP contribution >= 0.6 is 0 Å². The molecule has 0 saturated heterocycles. The maximum Gasteiger partial charge on any atom is 0.306 e. The fraction of sp³-hybridized carbons (Fsp3) is 0.701. The molecule has 0 heterocycles. The highest BCUT2D eigenvalue weighted by atomic mass is 16.6. The normalized spacial score (nSPS) is 12.9. The summed E-state index contributed by atoms with van der Waals surface area (Å²) in [4.78, 5) is 38.5. The first kappa shape index (κ1) is 78.8. The van der Waals surface area contributed by atoms with E-state index in [1.165, 1.54) is 173 Å². The SMILES string of the molecule is CC/C=C\C/C=C\C/C=C\C/C=C\C/C=C\C/C=C\C/C=C\CCCCCC(=O)OCC(COC(=O)CCCCCCCCCCC/C=C\C/C=C\CCCCC)OC(=O)CCCCCCCCCCC/C=C\CCCCCCCCCC. The van der Waals surface area contributed by atoms with Gasteiger partial charge < -0.3 is 14.2 Å². The average Bonchev–Trinajstić information content (AvgIpc) is 3.50. The van der Waals surface area contributed by atoms with Gasteiger partial charge in [-0.05, 0) is 135 Å². The number of ether oxygens (including phenoxy) is 3. The van der Waals surface area contributed by atoms with E-state index < -0.39 is 6.10 Å². The van der Waals surface area contributed by atoms with Crippen LogP contribution in [-0.4, -0.2) is 37.2 Å². The van der Waals surface area contributed by atoms with Gasteiger partial charge in [-0.25, -0.2) is 0 Å². The summed E-state index contributed by atoms with van der Waals surface area (Å²) in [5, 5.41) is 0. The highest BCUT2D eigenvalue weighted by Crippen LogP contribution is 2.16. The van der Waals surface area contributed by atoms with Crippen molar-refractivity contribution in [3.05, 3.63) is 122 Å². The number of esters is 3. The Hall–Kier alpha value is -4.19. The van der Waals surface area contributed by atoms with Crippen LogP contribution in [0.2, 0.25) is 0 Å². The van der Waals surface area contributed by atoms with E-state index in [0.29, 0.717) is 19.3 Å². The minimum Gasteiger partial charge on any atom is -0.462 e. The fourth-order valence-corrected chi connectivity index (χ4v) is 9.68. The molecule has 0 amide bonds. The summed E-state index contributed by atoms with van der Waals surface area (Å²) in [6.45, 7) is 6.50. The molecule has 1 unspecified atom stereocenters. The number of unbranched alkanes of at least 4 members (excludes halogenated alkanes) is 32. The van der Waals surface area contributed by atoms with Crippen molar-refractivity contribution in [3.8, 4) is 0 Å². The third-order valence-electron chi connectivity index (χ3n) is 14.9. The lowest BCUT2D eigenvalue weighted by molar-refractivity contribution is -0.167. The van der Waals surface area contributed by atoms with Crippen molar-refractivity contribution in [2.45, 2.75) is 335 Å². The summed E-state index contributed by atoms with van der Waals surface area (Å²) >= 11 is 0. The highest BCUT2D eigenvalue weighted by molar-refractivity contribution is 5.71. The first-order valence-electron chi connectivity index (χ1n) is 35.0. The summed E-state index contributed by atoms with van der Waals surface area (Å²) in [5.41, 5.74) is 0. The summed E-state index contributed by atoms with van der Waals surface area (Å²) in [5.74, 6) is -0.922. The maximum absolute atomic E-state index is 13.0. The molecule has 0 aliphatic carbocycles. The van der Waals surface area contributed by atoms with Crippen LogP contribution in [-0.2, 0) is 28.6 Å². The van der Waals surface area contributed by atoms with Crippen molar-refractivity contribution in [1.29, 1.82) is 0 Å². The predicted octanol–water partition coefficient (Wildman–Crippen LogP) is 24.3. The lowest BCUT2D eigenvalue weighted by Gasteiger charge is -2.18. The second-order valence-electron chi connectivity index (χ2n) is 23.1. The van der Waals surface area contributed by atoms with E-state index >= 15 is 0 Å². The number of rotatable bonds is 63. The second-order valence-corrected chi connectivity index (χ2v) is 23.1. The summed E-state index contributed by atoms with van der Waals surface area (Å²) < 4.78 is 17.0. The summed E-state index contributed by atoms with van der Waals surface area (Å²) in [6.07, 6.45) is 97.8. The zero-order chi connectivity index (χ0) is 59.9. The topological polar surface area (TPSA) is 78.9 Å². The molecule has 0 saturated carbocycles. The van der Waals surface area contributed by atoms with Crippen LogP contribution in [0.25, 0.3) is 0 Å². The van der Waals surface area contributed by atoms with E-state index in [4.69, 9.17) is 14.2 Å². The van der Waals surface area contributed by atoms with E-state index in [2.05, 4.69) is 142 Å². The molecule has 0 bridgehead atoms. The standard InChI is InChI=1S/C77H130O6/c1-4-7-10-13-16-19-22-25-28-31-34-36-37-38-39-41-43-46-49-52-55-58-61-64-67-70-76(79)82-73-74(72-81-75(78)69-66-63-60-57-54-51-48-45-42-33-30-27-24-21-18-15-12-9-6-3)83-77(80)71-68-65-62-59-56-53-50-47-44-40-35-32-29-26-23-20-17-14-11-8-5-2/h7,10,16,18-19,21,25,27-28,30,32,34-36,38-39,43,46,52,55,74H,4-6,8-9,11-15,17,20,22-24,26,29,31,33,37,40-42,44-45,47-51,53-54,56-73H2,1-3H3/b10-7-,19-16-,21-18-,28-25-,30-27-,35-32-,36-34-,39-38-,46-43-,55-52-. The monoisotopic (exact) mass is 1150 g/mol. The molecule has 0 radical (unpaired) electrons. The highest BCUT2D eigenvalue weighted by Gasteiger charge is 2.19. The largest absolute Gasteiger partial charge is 0.462 e. The van der Waals surface area contributed by atoms with Gasteiger partial charge in [-0.2, -0.15) is 0 Å². The van der Waals surface area contributed by atoms with Gasteiger partial charge in [0.2, 0.25) is 0 Å². The Kier molecular flexibility index (Phi) is 66.7. The molecule has 0 fully saturated rings. The quantitative estimate of drug-likeness (QED) is 0.0261. The van der Waals surface area contributed by atoms with Crippen LogP contribution in [0.5, 0.6) is 0 Å². The first-order valence-corrected chi connectivity index (χ1v) is 35.0. The smallest absolute Gasteiger partial charge is 0.306 e. The van der Waals surface area contributed by atoms with Crippen LogP contribution in [0.15, 0.2) is 122 Å². The molecule has 0 spiro atoms. The molecule has 83 heavy (non-hydrogen) atoms. The van der Waals surface area contributed by atoms with Crippen molar-refractivity contribution in [3.63, 3.8) is 0 Å². The van der Waals surface area contributed by atoms with Gasteiger partial charge in [-0.1, -0.05) is 296 Å². The van der Waals surface area contributed by atoms with E-state index in [1.807, 2.05) is 0 Å². The van der Waals surface area contributed by atoms with Gasteiger partial charge in [0.05, 0.1) is 0 Å². The zero-order valence-electron chi connectivity index (χ0n) is 54.4. The number of hydrogen-bond donors (Lipinski definition) is 0. The predicted molar refractivity (Wildman–Crippen MR) is 362 cm³/mol. The minimum atomic E-state index is -0.801. The molecule has 0 aromatic heterocycles. The Labute approximate surface area is 513 Å². The second kappa shape index (κ2) is 70.3. The first-order chi connectivity index (χ1) is 41.0. The van der Waals surface area contributed by atoms with Gasteiger partial charge >= 0.3 is 17.9 Å². The van der Waals surface area contributed by atoms with E-state index in [-0.39, 0.29) is 31.1 Å². The summed E-state index contributed by atoms with van der Waals surface area (Å²) in [6, 6.07) is 0. The molecule has 0 aromatic rings. The summed E-state index contributed by atoms with van der Waals surface area (Å²) in [7, 11) is 0. The molecule has 6 heteroatoms. The number of hydrogen-bond acceptors (Lipinski definition) is 6. The van der Waals surface area contributed by atoms with Crippen molar-refractivity contribution < 1.29 is 28.6 Å². The Morgan fingerprint density at radius 2 is 0.470 bits per heavy atom. The Morgan fingerprint density at radius 1 is 0.253 bits per heavy atom. The van der Waals surface area contributed by atoms with Crippen LogP contribution < -0.4 is 0 Å². The van der Waals surface area contributed by atoms with E-state index in [9.17, 15) is 14.4 Å². The minimum absolute atomic E-state index is 0.0929. The van der Waals surface area contributed by atoms with Crippen molar-refractivity contribution in [2.24, 2.45) is 0 Å². The Bertz CT molecular complexity index is 1700. The molecule has 1 atom stereocenters. The third-order valence-corrected chi connectivity index (χ3v) is 14.9. The van der Waals surface area contributed by atoms with Crippen LogP contribution in [0.4, 0.5) is 0 Å². The number of allylic oxidation sites excluding steroid dienone is 20. The molecule has 0 aromatic carbocycles. The van der Waals surface area contributed by atoms with Crippen molar-refractivity contribution >= 4 is 17.9 Å². The molecular formula is C77H130O6. The molecule has 0 rings (SSSR count). The molecule has 0 aliphatic rings. The number of carbonyl (C=O) groups excluding carboxylic acids is 3. The fourth-order valence-electron chi connectivity index (χ4n) is 9.68. The van der Waals surface area contributed by atoms with E-state index in [0.717, 1.165) is 116 Å². The molecular weight excluding hydrogens is 1020 g/mol. The lowest BCUT2D eigenvalue weighted by Crippen LogP contribution is -2.30. The molecule has 6 nitrogen and oxygen atoms in total. The molecule has 0 N–H and O–H groups in total. The average molecular weight is 1150 g/mol. The van der Waals surface area contributed by atoms with Crippen molar-refractivity contribution in [2.75, 3.05) is 13.2 Å². The van der Waals surface area contributed by atoms with Crippen LogP contribution in [0, 0.1) is 0 Å². The van der Waals surface area contributed by atoms with Gasteiger partial charge in [0, 0.05) is 19.3 Å². The van der Waals surface area contributed by atoms with Crippen LogP contribution in [0.3, 0.4) is 0 Å². The van der Waals surface area contributed by atoms with Crippen molar-refractivity contribution in [1.82, 2.24) is 0 Å². The Morgan fingerprint density at radius 3 is 0.783 bits per heavy atom. The van der Waals surface area contributed by atoms with Gasteiger partial charge in [0.15, 0.2) is 6.10 Å². The van der Waals surface area contributed by atoms with E-state index in [1.54, 1.807) is 0 Å². The molecule has 0 aliphatic heterocycles. The van der Waals surface area contributed by atoms with Gasteiger partial charge in [0.1, 0.15) is 13.2 Å². The number of carbonyl (C=O) groups is 3. The van der Waals surface area contributed by atoms with Crippen LogP contribution in [0.1, 0.15) is 329 Å². The van der Waals surface area contributed by atoms with Gasteiger partial charge in [-0.15, -0.1) is 0 Å². The van der Waals surface area contributed by atoms with Gasteiger partial charge in [-0.3, -0.25) is 14.4 Å². The molecule has 474 valence electrons.